The van der Waals surface area contributed by atoms with Crippen molar-refractivity contribution in [1.82, 2.24) is 35.0 Å². The summed E-state index contributed by atoms with van der Waals surface area (Å²) >= 11 is 0. The summed E-state index contributed by atoms with van der Waals surface area (Å²) in [6, 6.07) is -0.672. The Morgan fingerprint density at radius 1 is 1.45 bits per heavy atom. The first-order valence-electron chi connectivity index (χ1n) is 8.86. The van der Waals surface area contributed by atoms with Crippen LogP contribution in [0.1, 0.15) is 0 Å². The lowest BCUT2D eigenvalue weighted by molar-refractivity contribution is -0.117. The quantitative estimate of drug-likeness (QED) is 0.515. The Morgan fingerprint density at radius 3 is 3.03 bits per heavy atom. The van der Waals surface area contributed by atoms with E-state index < -0.39 is 18.1 Å². The number of amides is 1. The molecule has 29 heavy (non-hydrogen) atoms. The molecule has 0 radical (unpaired) electrons. The van der Waals surface area contributed by atoms with E-state index in [4.69, 9.17) is 4.74 Å². The lowest BCUT2D eigenvalue weighted by Gasteiger charge is -2.17. The third-order valence-corrected chi connectivity index (χ3v) is 4.56. The zero-order chi connectivity index (χ0) is 20.5. The van der Waals surface area contributed by atoms with Gasteiger partial charge in [-0.05, 0) is 6.08 Å². The molecule has 152 valence electrons. The number of H-pyrrole nitrogens is 1. The number of aromatic nitrogens is 6. The highest BCUT2D eigenvalue weighted by Crippen LogP contribution is 2.30. The Kier molecular flexibility index (Phi) is 4.74. The number of methoxy groups -OCH3 is 1. The molecule has 1 aliphatic heterocycles. The van der Waals surface area contributed by atoms with Gasteiger partial charge < -0.3 is 25.3 Å². The third kappa shape index (κ3) is 3.56. The minimum absolute atomic E-state index is 0.0493. The van der Waals surface area contributed by atoms with Crippen LogP contribution in [0.25, 0.3) is 11.2 Å². The average Bonchev–Trinajstić information content (AvgIpc) is 3.40. The molecule has 3 aromatic heterocycles. The number of rotatable bonds is 6. The van der Waals surface area contributed by atoms with Crippen LogP contribution in [0.4, 0.5) is 21.8 Å². The van der Waals surface area contributed by atoms with Gasteiger partial charge >= 0.3 is 0 Å². The van der Waals surface area contributed by atoms with Crippen molar-refractivity contribution >= 4 is 34.5 Å². The number of anilines is 3. The fraction of sp³-hybridized carbons (Fsp3) is 0.353. The minimum atomic E-state index is -1.26. The molecule has 1 saturated heterocycles. The number of fused-ring (bicyclic) bond motifs is 1. The standard InChI is InChI=1S/C17H20FN9O2/c1-4-12(28)21-10-7-27(5-9(10)18)17-23-14-13(19-8-20-14)15(24-17)22-11-6-26(2)25-16(11)29-3/h4,6,8-10H,1,5,7H2,2-3H3,(H,21,28)(H2,19,20,22,23,24)/t9-,10-/m1/s1. The van der Waals surface area contributed by atoms with Gasteiger partial charge in [0.05, 0.1) is 32.2 Å². The van der Waals surface area contributed by atoms with E-state index in [1.807, 2.05) is 0 Å². The lowest BCUT2D eigenvalue weighted by atomic mass is 10.2. The van der Waals surface area contributed by atoms with Gasteiger partial charge in [0.15, 0.2) is 11.5 Å². The molecule has 0 bridgehead atoms. The third-order valence-electron chi connectivity index (χ3n) is 4.56. The van der Waals surface area contributed by atoms with Crippen LogP contribution in [0.2, 0.25) is 0 Å². The van der Waals surface area contributed by atoms with Gasteiger partial charge in [0, 0.05) is 13.6 Å². The van der Waals surface area contributed by atoms with Crippen molar-refractivity contribution in [3.05, 3.63) is 25.2 Å². The molecule has 4 heterocycles. The number of imidazole rings is 1. The topological polar surface area (TPSA) is 126 Å². The molecule has 0 saturated carbocycles. The highest BCUT2D eigenvalue weighted by Gasteiger charge is 2.35. The van der Waals surface area contributed by atoms with Crippen molar-refractivity contribution in [2.45, 2.75) is 12.2 Å². The van der Waals surface area contributed by atoms with E-state index in [1.54, 1.807) is 22.8 Å². The molecule has 0 unspecified atom stereocenters. The summed E-state index contributed by atoms with van der Waals surface area (Å²) in [6.07, 6.45) is 3.11. The number of hydrogen-bond donors (Lipinski definition) is 3. The van der Waals surface area contributed by atoms with Gasteiger partial charge in [0.25, 0.3) is 5.88 Å². The van der Waals surface area contributed by atoms with Crippen LogP contribution < -0.4 is 20.3 Å². The number of ether oxygens (including phenoxy) is 1. The predicted molar refractivity (Wildman–Crippen MR) is 104 cm³/mol. The van der Waals surface area contributed by atoms with Crippen LogP contribution in [0.15, 0.2) is 25.2 Å². The fourth-order valence-corrected chi connectivity index (χ4v) is 3.19. The van der Waals surface area contributed by atoms with Gasteiger partial charge in [-0.3, -0.25) is 9.48 Å². The molecule has 1 aliphatic rings. The number of aryl methyl sites for hydroxylation is 1. The Labute approximate surface area is 165 Å². The number of carbonyl (C=O) groups excluding carboxylic acids is 1. The number of halogens is 1. The molecule has 3 N–H and O–H groups in total. The van der Waals surface area contributed by atoms with Gasteiger partial charge in [-0.1, -0.05) is 6.58 Å². The molecule has 2 atom stereocenters. The van der Waals surface area contributed by atoms with Gasteiger partial charge in [-0.2, -0.15) is 9.97 Å². The predicted octanol–water partition coefficient (Wildman–Crippen LogP) is 0.667. The maximum atomic E-state index is 14.4. The van der Waals surface area contributed by atoms with Crippen molar-refractivity contribution in [2.75, 3.05) is 30.4 Å². The second-order valence-electron chi connectivity index (χ2n) is 6.56. The van der Waals surface area contributed by atoms with Crippen molar-refractivity contribution < 1.29 is 13.9 Å². The van der Waals surface area contributed by atoms with Crippen molar-refractivity contribution in [3.63, 3.8) is 0 Å². The van der Waals surface area contributed by atoms with Gasteiger partial charge in [0.1, 0.15) is 17.4 Å². The maximum Gasteiger partial charge on any atom is 0.256 e. The second kappa shape index (κ2) is 7.37. The Balaban J connectivity index is 1.65. The van der Waals surface area contributed by atoms with Crippen LogP contribution in [0.3, 0.4) is 0 Å². The van der Waals surface area contributed by atoms with Crippen LogP contribution in [0.5, 0.6) is 5.88 Å². The van der Waals surface area contributed by atoms with E-state index in [2.05, 4.69) is 42.2 Å². The molecule has 3 aromatic rings. The van der Waals surface area contributed by atoms with Gasteiger partial charge in [-0.15, -0.1) is 5.10 Å². The number of nitrogens with one attached hydrogen (secondary N) is 3. The minimum Gasteiger partial charge on any atom is -0.478 e. The fourth-order valence-electron chi connectivity index (χ4n) is 3.19. The zero-order valence-electron chi connectivity index (χ0n) is 15.9. The largest absolute Gasteiger partial charge is 0.478 e. The molecule has 0 aliphatic carbocycles. The van der Waals surface area contributed by atoms with E-state index in [0.29, 0.717) is 34.5 Å². The molecule has 1 fully saturated rings. The Bertz CT molecular complexity index is 1060. The van der Waals surface area contributed by atoms with Crippen molar-refractivity contribution in [2.24, 2.45) is 7.05 Å². The molecule has 1 amide bonds. The summed E-state index contributed by atoms with van der Waals surface area (Å²) in [4.78, 5) is 29.3. The van der Waals surface area contributed by atoms with Crippen molar-refractivity contribution in [3.8, 4) is 5.88 Å². The van der Waals surface area contributed by atoms with E-state index in [-0.39, 0.29) is 13.1 Å². The molecule has 4 rings (SSSR count). The summed E-state index contributed by atoms with van der Waals surface area (Å²) in [5, 5.41) is 9.96. The molecule has 11 nitrogen and oxygen atoms in total. The van der Waals surface area contributed by atoms with E-state index in [0.717, 1.165) is 6.08 Å². The number of alkyl halides is 1. The number of aromatic amines is 1. The van der Waals surface area contributed by atoms with Crippen molar-refractivity contribution in [1.29, 1.82) is 0 Å². The van der Waals surface area contributed by atoms with E-state index in [1.165, 1.54) is 13.4 Å². The summed E-state index contributed by atoms with van der Waals surface area (Å²) in [7, 11) is 3.29. The molecule has 0 aromatic carbocycles. The molecule has 12 heteroatoms. The van der Waals surface area contributed by atoms with Crippen LogP contribution in [-0.2, 0) is 11.8 Å². The molecule has 0 spiro atoms. The lowest BCUT2D eigenvalue weighted by Crippen LogP contribution is -2.40. The maximum absolute atomic E-state index is 14.4. The van der Waals surface area contributed by atoms with Crippen LogP contribution in [-0.4, -0.2) is 68.0 Å². The SMILES string of the molecule is C=CC(=O)N[C@@H]1CN(c2nc(Nc3cn(C)nc3OC)c3[nH]cnc3n2)C[C@H]1F. The Hall–Kier alpha value is -3.70. The summed E-state index contributed by atoms with van der Waals surface area (Å²) in [5.74, 6) is 0.725. The normalized spacial score (nSPS) is 18.8. The summed E-state index contributed by atoms with van der Waals surface area (Å²) < 4.78 is 21.3. The van der Waals surface area contributed by atoms with E-state index >= 15 is 0 Å². The van der Waals surface area contributed by atoms with Crippen LogP contribution in [0, 0.1) is 0 Å². The van der Waals surface area contributed by atoms with Gasteiger partial charge in [0.2, 0.25) is 11.9 Å². The monoisotopic (exact) mass is 401 g/mol. The van der Waals surface area contributed by atoms with Crippen LogP contribution >= 0.6 is 0 Å². The number of nitrogens with zero attached hydrogens (tertiary/aromatic N) is 6. The smallest absolute Gasteiger partial charge is 0.256 e. The highest BCUT2D eigenvalue weighted by molar-refractivity contribution is 5.88. The van der Waals surface area contributed by atoms with E-state index in [9.17, 15) is 9.18 Å². The first-order valence-corrected chi connectivity index (χ1v) is 8.86. The Morgan fingerprint density at radius 2 is 2.28 bits per heavy atom. The number of carbonyl (C=O) groups is 1. The first kappa shape index (κ1) is 18.7. The second-order valence-corrected chi connectivity index (χ2v) is 6.56. The zero-order valence-corrected chi connectivity index (χ0v) is 15.9. The highest BCUT2D eigenvalue weighted by atomic mass is 19.1. The molecular formula is C17H20FN9O2. The summed E-state index contributed by atoms with van der Waals surface area (Å²) in [5.41, 5.74) is 1.62. The molecular weight excluding hydrogens is 381 g/mol. The summed E-state index contributed by atoms with van der Waals surface area (Å²) in [6.45, 7) is 3.67. The average molecular weight is 401 g/mol. The van der Waals surface area contributed by atoms with Gasteiger partial charge in [-0.25, -0.2) is 9.37 Å². The number of hydrogen-bond acceptors (Lipinski definition) is 8. The first-order chi connectivity index (χ1) is 14.0.